The number of benzene rings is 2. The minimum Gasteiger partial charge on any atom is -0.445 e. The van der Waals surface area contributed by atoms with Gasteiger partial charge in [0.25, 0.3) is 0 Å². The first-order valence-corrected chi connectivity index (χ1v) is 35.4. The molecule has 0 spiro atoms. The van der Waals surface area contributed by atoms with E-state index >= 15 is 0 Å². The molecule has 0 saturated carbocycles. The molecule has 0 radical (unpaired) electrons. The quantitative estimate of drug-likeness (QED) is 0.0273. The number of carbonyl (C=O) groups is 11. The van der Waals surface area contributed by atoms with Gasteiger partial charge in [0.1, 0.15) is 6.61 Å². The molecule has 2 aliphatic rings. The number of hydrogen-bond acceptors (Lipinski definition) is 16. The number of carbonyl (C=O) groups excluding carboxylic acids is 11. The lowest BCUT2D eigenvalue weighted by molar-refractivity contribution is -0.149. The number of aliphatic hydroxyl groups is 1. The highest BCUT2D eigenvalue weighted by Crippen LogP contribution is 2.33. The van der Waals surface area contributed by atoms with Crippen molar-refractivity contribution in [1.82, 2.24) is 35.6 Å². The third-order valence-electron chi connectivity index (χ3n) is 19.0. The number of anilines is 1. The van der Waals surface area contributed by atoms with Crippen LogP contribution in [0.25, 0.3) is 0 Å². The van der Waals surface area contributed by atoms with Crippen molar-refractivity contribution < 1.29 is 72.1 Å². The first kappa shape index (κ1) is 81.5. The lowest BCUT2D eigenvalue weighted by Crippen LogP contribution is -2.55. The van der Waals surface area contributed by atoms with E-state index in [1.54, 1.807) is 87.2 Å². The van der Waals surface area contributed by atoms with Crippen LogP contribution in [-0.2, 0) is 64.0 Å². The fourth-order valence-corrected chi connectivity index (χ4v) is 13.8. The molecule has 2 aromatic rings. The zero-order chi connectivity index (χ0) is 71.7. The predicted octanol–water partition coefficient (Wildman–Crippen LogP) is 7.82. The van der Waals surface area contributed by atoms with Crippen molar-refractivity contribution in [3.63, 3.8) is 0 Å². The summed E-state index contributed by atoms with van der Waals surface area (Å²) in [6, 6.07) is 11.4. The summed E-state index contributed by atoms with van der Waals surface area (Å²) < 4.78 is 17.8. The van der Waals surface area contributed by atoms with Gasteiger partial charge in [0.2, 0.25) is 41.4 Å². The van der Waals surface area contributed by atoms with Gasteiger partial charge in [-0.2, -0.15) is 11.8 Å². The van der Waals surface area contributed by atoms with Gasteiger partial charge in [0.15, 0.2) is 11.6 Å². The van der Waals surface area contributed by atoms with E-state index in [1.807, 2.05) is 59.7 Å². The van der Waals surface area contributed by atoms with Crippen molar-refractivity contribution >= 4 is 82.5 Å². The average Bonchev–Trinajstić information content (AvgIpc) is 1.42. The topological polar surface area (TPSA) is 323 Å². The number of nitrogens with two attached hydrogens (primary N) is 1. The van der Waals surface area contributed by atoms with E-state index in [-0.39, 0.29) is 128 Å². The van der Waals surface area contributed by atoms with Crippen molar-refractivity contribution in [1.29, 1.82) is 0 Å². The number of nitrogens with zero attached hydrogens (tertiary/aromatic N) is 4. The molecule has 1 unspecified atom stereocenters. The van der Waals surface area contributed by atoms with E-state index in [1.165, 1.54) is 42.8 Å². The molecular weight excluding hydrogens is 1250 g/mol. The Hall–Kier alpha value is -6.96. The van der Waals surface area contributed by atoms with Crippen LogP contribution in [0, 0.1) is 41.4 Å². The first-order chi connectivity index (χ1) is 45.4. The number of ketones is 2. The van der Waals surface area contributed by atoms with Crippen molar-refractivity contribution in [3.05, 3.63) is 65.7 Å². The molecule has 0 aliphatic carbocycles. The Morgan fingerprint density at radius 2 is 1.44 bits per heavy atom. The third kappa shape index (κ3) is 23.7. The lowest BCUT2D eigenvalue weighted by atomic mass is 9.83. The number of hydrogen-bond donors (Lipinski definition) is 6. The Labute approximate surface area is 573 Å². The Morgan fingerprint density at radius 3 is 2.01 bits per heavy atom. The molecule has 2 heterocycles. The summed E-state index contributed by atoms with van der Waals surface area (Å²) in [4.78, 5) is 155. The summed E-state index contributed by atoms with van der Waals surface area (Å²) in [6.07, 6.45) is 2.60. The number of amides is 10. The molecule has 96 heavy (non-hydrogen) atoms. The van der Waals surface area contributed by atoms with Crippen LogP contribution in [0.5, 0.6) is 0 Å². The normalized spacial score (nSPS) is 18.3. The standard InChI is InChI=1S/C71H111N9O15S/c1-16-45(8)63(56(93-13)39-59(84)79-36-24-28-53(79)65(94-14)46(9)66(87)74-47(10)64(86)49-25-19-17-20-26-49)77(11)68(89)52(42(2)3)38-55(82)62(44(6)7)78(12)71(92)95-41-48-30-32-51(33-31-48)75-67(88)50(27-23-34-73-70(72)91)37-54(81)61(43(4)5)76-58(83)29-21-18-22-35-80-60(85)40-57(96-15)69(80)90/h17,19-20,25-26,30-33,42-47,50,52-53,56-57,61-65,86H,16,18,21-24,27-29,34-41H2,1-15H3,(H,74,87)(H,75,88)(H,76,83)(H3,72,73,91)/t45-,46+,47+,50+,52-,53-,56+,57?,61-,62-,63-,64+,65+/m0/s1. The maximum absolute atomic E-state index is 14.9. The van der Waals surface area contributed by atoms with Gasteiger partial charge in [-0.1, -0.05) is 118 Å². The number of Topliss-reactive ketones (excluding diaryl/α,β-unsaturated/α-hetero) is 2. The van der Waals surface area contributed by atoms with E-state index in [4.69, 9.17) is 19.9 Å². The van der Waals surface area contributed by atoms with E-state index < -0.39 is 84.3 Å². The summed E-state index contributed by atoms with van der Waals surface area (Å²) in [5.41, 5.74) is 6.89. The van der Waals surface area contributed by atoms with Gasteiger partial charge < -0.3 is 61.0 Å². The zero-order valence-electron chi connectivity index (χ0n) is 59.4. The number of rotatable bonds is 41. The number of likely N-dealkylation sites (N-methyl/N-ethyl adjacent to an activating group) is 2. The van der Waals surface area contributed by atoms with Crippen molar-refractivity contribution in [2.45, 2.75) is 213 Å². The molecule has 2 aromatic carbocycles. The SMILES string of the molecule is CC[C@H](C)[C@@H]([C@@H](CC(=O)N1CCC[C@H]1[C@H](OC)[C@@H](C)C(=O)N[C@H](C)[C@@H](O)c1ccccc1)OC)N(C)C(=O)[C@@H](CC(=O)[C@H](C(C)C)N(C)C(=O)OCc1ccc(NC(=O)[C@H](CCCNC(N)=O)CC(=O)[C@@H](NC(=O)CCCCCN2C(=O)CC(SC)C2=O)C(C)C)cc1)C(C)C. The lowest BCUT2D eigenvalue weighted by Gasteiger charge is -2.41. The van der Waals surface area contributed by atoms with Gasteiger partial charge in [-0.25, -0.2) is 9.59 Å². The number of ether oxygens (including phenoxy) is 3. The number of urea groups is 1. The molecule has 13 atom stereocenters. The van der Waals surface area contributed by atoms with E-state index in [0.29, 0.717) is 74.8 Å². The predicted molar refractivity (Wildman–Crippen MR) is 369 cm³/mol. The Balaban J connectivity index is 1.37. The molecule has 10 amide bonds. The second-order valence-electron chi connectivity index (χ2n) is 27.0. The van der Waals surface area contributed by atoms with Gasteiger partial charge in [-0.05, 0) is 98.6 Å². The number of imide groups is 1. The number of unbranched alkanes of at least 4 members (excludes halogenated alkanes) is 2. The van der Waals surface area contributed by atoms with Gasteiger partial charge in [-0.3, -0.25) is 48.1 Å². The Kier molecular flexibility index (Phi) is 34.0. The number of aliphatic hydroxyl groups excluding tert-OH is 1. The largest absolute Gasteiger partial charge is 0.445 e. The highest BCUT2D eigenvalue weighted by molar-refractivity contribution is 8.00. The van der Waals surface area contributed by atoms with Gasteiger partial charge in [0, 0.05) is 91.2 Å². The zero-order valence-corrected chi connectivity index (χ0v) is 60.2. The fraction of sp³-hybridized carbons (Fsp3) is 0.676. The minimum absolute atomic E-state index is 0.0694. The maximum atomic E-state index is 14.9. The molecule has 0 bridgehead atoms. The summed E-state index contributed by atoms with van der Waals surface area (Å²) in [5.74, 6) is -6.19. The van der Waals surface area contributed by atoms with Gasteiger partial charge in [0.05, 0.1) is 66.1 Å². The summed E-state index contributed by atoms with van der Waals surface area (Å²) in [5, 5.41) is 21.8. The second kappa shape index (κ2) is 40.1. The van der Waals surface area contributed by atoms with Crippen LogP contribution in [0.15, 0.2) is 54.6 Å². The van der Waals surface area contributed by atoms with Crippen molar-refractivity contribution in [2.24, 2.45) is 47.2 Å². The molecule has 7 N–H and O–H groups in total. The minimum atomic E-state index is -0.970. The van der Waals surface area contributed by atoms with Gasteiger partial charge >= 0.3 is 12.1 Å². The number of likely N-dealkylation sites (tertiary alicyclic amines) is 2. The molecule has 2 fully saturated rings. The van der Waals surface area contributed by atoms with E-state index in [0.717, 1.165) is 0 Å². The van der Waals surface area contributed by atoms with Crippen LogP contribution in [0.2, 0.25) is 0 Å². The highest BCUT2D eigenvalue weighted by atomic mass is 32.2. The molecule has 2 aliphatic heterocycles. The van der Waals surface area contributed by atoms with Crippen LogP contribution in [0.3, 0.4) is 0 Å². The number of nitrogens with one attached hydrogen (secondary N) is 4. The number of methoxy groups -OCH3 is 2. The molecule has 2 saturated heterocycles. The highest BCUT2D eigenvalue weighted by Gasteiger charge is 2.45. The smallest absolute Gasteiger partial charge is 0.410 e. The van der Waals surface area contributed by atoms with Crippen LogP contribution in [0.1, 0.15) is 170 Å². The van der Waals surface area contributed by atoms with Crippen molar-refractivity contribution in [3.8, 4) is 0 Å². The maximum Gasteiger partial charge on any atom is 0.410 e. The monoisotopic (exact) mass is 1360 g/mol. The third-order valence-corrected chi connectivity index (χ3v) is 19.9. The molecule has 4 rings (SSSR count). The van der Waals surface area contributed by atoms with Crippen molar-refractivity contribution in [2.75, 3.05) is 59.5 Å². The first-order valence-electron chi connectivity index (χ1n) is 34.1. The van der Waals surface area contributed by atoms with E-state index in [9.17, 15) is 57.8 Å². The van der Waals surface area contributed by atoms with Gasteiger partial charge in [-0.15, -0.1) is 0 Å². The van der Waals surface area contributed by atoms with E-state index in [2.05, 4.69) is 21.3 Å². The summed E-state index contributed by atoms with van der Waals surface area (Å²) >= 11 is 1.35. The summed E-state index contributed by atoms with van der Waals surface area (Å²) in [7, 11) is 6.20. The molecular formula is C71H111N9O15S. The van der Waals surface area contributed by atoms with Crippen LogP contribution in [-0.4, -0.2) is 192 Å². The molecule has 24 nitrogen and oxygen atoms in total. The van der Waals surface area contributed by atoms with Crippen LogP contribution in [0.4, 0.5) is 15.3 Å². The fourth-order valence-electron chi connectivity index (χ4n) is 13.1. The molecule has 536 valence electrons. The van der Waals surface area contributed by atoms with Crippen LogP contribution >= 0.6 is 11.8 Å². The second-order valence-corrected chi connectivity index (χ2v) is 28.1. The Bertz CT molecular complexity index is 2900. The number of thioether (sulfide) groups is 1. The average molecular weight is 1360 g/mol. The number of primary amides is 1. The molecule has 25 heteroatoms. The summed E-state index contributed by atoms with van der Waals surface area (Å²) in [6.45, 7) is 19.1. The Morgan fingerprint density at radius 1 is 0.771 bits per heavy atom. The van der Waals surface area contributed by atoms with Crippen LogP contribution < -0.4 is 27.0 Å². The molecule has 0 aromatic heterocycles.